The van der Waals surface area contributed by atoms with Crippen molar-refractivity contribution in [1.82, 2.24) is 15.5 Å². The second-order valence-electron chi connectivity index (χ2n) is 7.38. The zero-order valence-corrected chi connectivity index (χ0v) is 14.8. The maximum Gasteiger partial charge on any atom is 0.573 e. The topological polar surface area (TPSA) is 87.7 Å². The molecule has 2 N–H and O–H groups in total. The van der Waals surface area contributed by atoms with E-state index in [2.05, 4.69) is 15.4 Å². The van der Waals surface area contributed by atoms with E-state index in [1.165, 1.54) is 23.1 Å². The van der Waals surface area contributed by atoms with Crippen molar-refractivity contribution in [1.29, 1.82) is 0 Å². The fraction of sp³-hybridized carbons (Fsp3) is 0.500. The van der Waals surface area contributed by atoms with Gasteiger partial charge >= 0.3 is 12.4 Å². The summed E-state index contributed by atoms with van der Waals surface area (Å²) < 4.78 is 41.0. The molecular formula is C18H18F3N3O4. The number of rotatable bonds is 5. The van der Waals surface area contributed by atoms with Gasteiger partial charge in [0.25, 0.3) is 5.91 Å². The van der Waals surface area contributed by atoms with E-state index in [4.69, 9.17) is 0 Å². The van der Waals surface area contributed by atoms with Crippen LogP contribution in [0.1, 0.15) is 36.8 Å². The van der Waals surface area contributed by atoms with Crippen LogP contribution in [0, 0.1) is 5.92 Å². The number of benzene rings is 1. The van der Waals surface area contributed by atoms with Crippen LogP contribution >= 0.6 is 0 Å². The molecule has 1 aromatic carbocycles. The largest absolute Gasteiger partial charge is 0.573 e. The Hall–Kier alpha value is -2.78. The molecule has 1 aliphatic carbocycles. The summed E-state index contributed by atoms with van der Waals surface area (Å²) in [5.74, 6) is -0.905. The standard InChI is InChI=1S/C18H18F3N3O4/c19-18(20,21)28-13-4-1-10-8-24(9-11(10)7-13)14(25)5-6-17(12-2-3-12)15(26)22-16(27)23-17/h1,4,7,12H,2-3,5-6,8-9H2,(H2,22,23,26,27)/t17-/m0/s1. The average molecular weight is 397 g/mol. The number of halogens is 3. The lowest BCUT2D eigenvalue weighted by Crippen LogP contribution is -2.49. The van der Waals surface area contributed by atoms with E-state index in [9.17, 15) is 27.6 Å². The molecule has 3 aliphatic rings. The highest BCUT2D eigenvalue weighted by molar-refractivity contribution is 6.07. The molecule has 0 aromatic heterocycles. The van der Waals surface area contributed by atoms with Crippen molar-refractivity contribution in [3.8, 4) is 5.75 Å². The molecule has 0 bridgehead atoms. The van der Waals surface area contributed by atoms with Gasteiger partial charge < -0.3 is 15.0 Å². The molecule has 2 aliphatic heterocycles. The first-order valence-electron chi connectivity index (χ1n) is 8.95. The van der Waals surface area contributed by atoms with Gasteiger partial charge in [-0.25, -0.2) is 4.79 Å². The van der Waals surface area contributed by atoms with Gasteiger partial charge in [0.15, 0.2) is 0 Å². The summed E-state index contributed by atoms with van der Waals surface area (Å²) in [5, 5.41) is 4.92. The molecule has 1 aromatic rings. The highest BCUT2D eigenvalue weighted by atomic mass is 19.4. The number of nitrogens with one attached hydrogen (secondary N) is 2. The maximum atomic E-state index is 12.6. The van der Waals surface area contributed by atoms with Gasteiger partial charge in [0.1, 0.15) is 11.3 Å². The summed E-state index contributed by atoms with van der Waals surface area (Å²) in [6.45, 7) is 0.466. The van der Waals surface area contributed by atoms with Crippen molar-refractivity contribution in [3.05, 3.63) is 29.3 Å². The van der Waals surface area contributed by atoms with Gasteiger partial charge in [0.05, 0.1) is 0 Å². The van der Waals surface area contributed by atoms with Crippen molar-refractivity contribution in [2.45, 2.75) is 50.7 Å². The number of nitrogens with zero attached hydrogens (tertiary/aromatic N) is 1. The minimum absolute atomic E-state index is 0.0320. The van der Waals surface area contributed by atoms with E-state index in [0.717, 1.165) is 18.4 Å². The number of fused-ring (bicyclic) bond motifs is 1. The number of hydrogen-bond donors (Lipinski definition) is 2. The Bertz CT molecular complexity index is 853. The predicted octanol–water partition coefficient (Wildman–Crippen LogP) is 2.20. The monoisotopic (exact) mass is 397 g/mol. The Kier molecular flexibility index (Phi) is 4.24. The van der Waals surface area contributed by atoms with Gasteiger partial charge in [-0.15, -0.1) is 13.2 Å². The third kappa shape index (κ3) is 3.50. The van der Waals surface area contributed by atoms with Gasteiger partial charge in [0, 0.05) is 19.5 Å². The average Bonchev–Trinajstić information content (AvgIpc) is 3.29. The fourth-order valence-corrected chi connectivity index (χ4v) is 3.96. The number of imide groups is 1. The van der Waals surface area contributed by atoms with Crippen LogP contribution in [-0.2, 0) is 22.7 Å². The quantitative estimate of drug-likeness (QED) is 0.746. The normalized spacial score (nSPS) is 24.0. The molecule has 7 nitrogen and oxygen atoms in total. The van der Waals surface area contributed by atoms with Gasteiger partial charge in [-0.05, 0) is 48.4 Å². The molecule has 4 rings (SSSR count). The van der Waals surface area contributed by atoms with E-state index in [1.54, 1.807) is 0 Å². The molecule has 2 heterocycles. The first-order chi connectivity index (χ1) is 13.2. The molecule has 28 heavy (non-hydrogen) atoms. The van der Waals surface area contributed by atoms with Gasteiger partial charge in [-0.1, -0.05) is 6.07 Å². The number of amides is 4. The van der Waals surface area contributed by atoms with Gasteiger partial charge in [-0.2, -0.15) is 0 Å². The second-order valence-corrected chi connectivity index (χ2v) is 7.38. The van der Waals surface area contributed by atoms with E-state index >= 15 is 0 Å². The van der Waals surface area contributed by atoms with E-state index in [-0.39, 0.29) is 43.5 Å². The molecule has 0 spiro atoms. The Morgan fingerprint density at radius 3 is 2.54 bits per heavy atom. The highest BCUT2D eigenvalue weighted by Crippen LogP contribution is 2.44. The predicted molar refractivity (Wildman–Crippen MR) is 88.7 cm³/mol. The second kappa shape index (κ2) is 6.39. The van der Waals surface area contributed by atoms with E-state index in [0.29, 0.717) is 5.56 Å². The molecule has 1 atom stereocenters. The third-order valence-corrected chi connectivity index (χ3v) is 5.46. The minimum Gasteiger partial charge on any atom is -0.406 e. The van der Waals surface area contributed by atoms with Crippen molar-refractivity contribution in [2.24, 2.45) is 5.92 Å². The summed E-state index contributed by atoms with van der Waals surface area (Å²) >= 11 is 0. The third-order valence-electron chi connectivity index (χ3n) is 5.46. The Labute approximate surface area is 158 Å². The molecule has 0 radical (unpaired) electrons. The molecule has 0 unspecified atom stereocenters. The zero-order chi connectivity index (χ0) is 20.1. The lowest BCUT2D eigenvalue weighted by Gasteiger charge is -2.26. The van der Waals surface area contributed by atoms with Crippen LogP contribution in [0.5, 0.6) is 5.75 Å². The lowest BCUT2D eigenvalue weighted by atomic mass is 9.88. The summed E-state index contributed by atoms with van der Waals surface area (Å²) in [4.78, 5) is 37.9. The van der Waals surface area contributed by atoms with Crippen LogP contribution in [0.15, 0.2) is 18.2 Å². The Balaban J connectivity index is 1.39. The first-order valence-corrected chi connectivity index (χ1v) is 8.95. The smallest absolute Gasteiger partial charge is 0.406 e. The number of ether oxygens (including phenoxy) is 1. The van der Waals surface area contributed by atoms with Crippen LogP contribution in [0.2, 0.25) is 0 Å². The van der Waals surface area contributed by atoms with E-state index in [1.807, 2.05) is 0 Å². The van der Waals surface area contributed by atoms with E-state index < -0.39 is 23.8 Å². The van der Waals surface area contributed by atoms with Crippen molar-refractivity contribution in [3.63, 3.8) is 0 Å². The number of carbonyl (C=O) groups excluding carboxylic acids is 3. The highest BCUT2D eigenvalue weighted by Gasteiger charge is 2.55. The summed E-state index contributed by atoms with van der Waals surface area (Å²) in [5.41, 5.74) is 0.318. The Morgan fingerprint density at radius 1 is 1.21 bits per heavy atom. The zero-order valence-electron chi connectivity index (χ0n) is 14.8. The minimum atomic E-state index is -4.77. The number of alkyl halides is 3. The van der Waals surface area contributed by atoms with Crippen LogP contribution in [0.4, 0.5) is 18.0 Å². The molecule has 150 valence electrons. The van der Waals surface area contributed by atoms with Crippen LogP contribution in [0.25, 0.3) is 0 Å². The fourth-order valence-electron chi connectivity index (χ4n) is 3.96. The molecule has 2 fully saturated rings. The van der Waals surface area contributed by atoms with Gasteiger partial charge in [-0.3, -0.25) is 14.9 Å². The SMILES string of the molecule is O=C1NC(=O)[C@](CCC(=O)N2Cc3ccc(OC(F)(F)F)cc3C2)(C2CC2)N1. The number of carbonyl (C=O) groups is 3. The van der Waals surface area contributed by atoms with Crippen LogP contribution in [0.3, 0.4) is 0 Å². The Morgan fingerprint density at radius 2 is 1.93 bits per heavy atom. The number of urea groups is 1. The van der Waals surface area contributed by atoms with Crippen molar-refractivity contribution in [2.75, 3.05) is 0 Å². The number of hydrogen-bond acceptors (Lipinski definition) is 4. The maximum absolute atomic E-state index is 12.6. The van der Waals surface area contributed by atoms with Crippen LogP contribution in [-0.4, -0.2) is 34.6 Å². The van der Waals surface area contributed by atoms with Crippen LogP contribution < -0.4 is 15.4 Å². The summed E-state index contributed by atoms with van der Waals surface area (Å²) in [6.07, 6.45) is -2.88. The molecule has 1 saturated heterocycles. The summed E-state index contributed by atoms with van der Waals surface area (Å²) in [6, 6.07) is 3.47. The lowest BCUT2D eigenvalue weighted by molar-refractivity contribution is -0.274. The summed E-state index contributed by atoms with van der Waals surface area (Å²) in [7, 11) is 0. The van der Waals surface area contributed by atoms with Crippen molar-refractivity contribution < 1.29 is 32.3 Å². The first kappa shape index (κ1) is 18.6. The van der Waals surface area contributed by atoms with Crippen molar-refractivity contribution >= 4 is 17.8 Å². The van der Waals surface area contributed by atoms with Gasteiger partial charge in [0.2, 0.25) is 5.91 Å². The molecule has 1 saturated carbocycles. The molecular weight excluding hydrogens is 379 g/mol. The molecule has 10 heteroatoms. The molecule has 4 amide bonds.